The molecule has 0 bridgehead atoms. The molecule has 2 rings (SSSR count). The van der Waals surface area contributed by atoms with Crippen LogP contribution in [0.4, 0.5) is 5.82 Å². The Morgan fingerprint density at radius 2 is 2.00 bits per heavy atom. The van der Waals surface area contributed by atoms with Gasteiger partial charge in [-0.2, -0.15) is 0 Å². The van der Waals surface area contributed by atoms with E-state index in [1.54, 1.807) is 7.11 Å². The number of pyridine rings is 1. The number of aromatic nitrogens is 1. The van der Waals surface area contributed by atoms with Crippen LogP contribution in [0.2, 0.25) is 0 Å². The van der Waals surface area contributed by atoms with Crippen molar-refractivity contribution in [3.05, 3.63) is 30.5 Å². The lowest BCUT2D eigenvalue weighted by atomic mass is 10.1. The van der Waals surface area contributed by atoms with E-state index >= 15 is 0 Å². The standard InChI is InChI=1S/C17H25N3O/c1-4-12-20(5-2)13-11-19-17-15-7-6-8-16(21-3)14(15)9-10-18-17/h6-10H,4-5,11-13H2,1-3H3,(H,18,19). The summed E-state index contributed by atoms with van der Waals surface area (Å²) in [5.41, 5.74) is 0. The third kappa shape index (κ3) is 3.85. The van der Waals surface area contributed by atoms with Crippen molar-refractivity contribution in [1.82, 2.24) is 9.88 Å². The highest BCUT2D eigenvalue weighted by Crippen LogP contribution is 2.28. The zero-order valence-electron chi connectivity index (χ0n) is 13.2. The summed E-state index contributed by atoms with van der Waals surface area (Å²) in [5, 5.41) is 5.66. The zero-order valence-corrected chi connectivity index (χ0v) is 13.2. The average Bonchev–Trinajstić information content (AvgIpc) is 2.53. The maximum Gasteiger partial charge on any atom is 0.133 e. The molecule has 0 aliphatic rings. The van der Waals surface area contributed by atoms with Gasteiger partial charge < -0.3 is 15.0 Å². The summed E-state index contributed by atoms with van der Waals surface area (Å²) in [6.45, 7) is 8.59. The molecule has 4 nitrogen and oxygen atoms in total. The third-order valence-corrected chi connectivity index (χ3v) is 3.69. The van der Waals surface area contributed by atoms with Gasteiger partial charge in [0, 0.05) is 30.1 Å². The first-order valence-corrected chi connectivity index (χ1v) is 7.68. The van der Waals surface area contributed by atoms with Crippen molar-refractivity contribution < 1.29 is 4.74 Å². The summed E-state index contributed by atoms with van der Waals surface area (Å²) in [5.74, 6) is 1.82. The van der Waals surface area contributed by atoms with Crippen LogP contribution in [0.1, 0.15) is 20.3 Å². The second kappa shape index (κ2) is 7.84. The monoisotopic (exact) mass is 287 g/mol. The quantitative estimate of drug-likeness (QED) is 0.807. The molecule has 1 N–H and O–H groups in total. The molecule has 0 atom stereocenters. The van der Waals surface area contributed by atoms with Gasteiger partial charge in [0.25, 0.3) is 0 Å². The van der Waals surface area contributed by atoms with E-state index in [1.807, 2.05) is 24.4 Å². The first-order chi connectivity index (χ1) is 10.3. The molecular weight excluding hydrogens is 262 g/mol. The average molecular weight is 287 g/mol. The Balaban J connectivity index is 2.09. The van der Waals surface area contributed by atoms with E-state index < -0.39 is 0 Å². The summed E-state index contributed by atoms with van der Waals surface area (Å²) in [4.78, 5) is 6.91. The highest BCUT2D eigenvalue weighted by atomic mass is 16.5. The number of likely N-dealkylation sites (N-methyl/N-ethyl adjacent to an activating group) is 1. The van der Waals surface area contributed by atoms with Gasteiger partial charge in [0.2, 0.25) is 0 Å². The van der Waals surface area contributed by atoms with Gasteiger partial charge in [0.05, 0.1) is 7.11 Å². The van der Waals surface area contributed by atoms with E-state index in [2.05, 4.69) is 35.1 Å². The minimum Gasteiger partial charge on any atom is -0.496 e. The molecule has 0 unspecified atom stereocenters. The molecule has 2 aromatic rings. The van der Waals surface area contributed by atoms with Gasteiger partial charge in [0.15, 0.2) is 0 Å². The summed E-state index contributed by atoms with van der Waals surface area (Å²) in [6.07, 6.45) is 3.02. The fraction of sp³-hybridized carbons (Fsp3) is 0.471. The number of nitrogens with one attached hydrogen (secondary N) is 1. The van der Waals surface area contributed by atoms with Crippen LogP contribution in [-0.2, 0) is 0 Å². The van der Waals surface area contributed by atoms with Crippen LogP contribution in [0.15, 0.2) is 30.5 Å². The van der Waals surface area contributed by atoms with Crippen LogP contribution < -0.4 is 10.1 Å². The minimum atomic E-state index is 0.888. The molecule has 1 aromatic carbocycles. The van der Waals surface area contributed by atoms with Crippen LogP contribution in [0.5, 0.6) is 5.75 Å². The maximum atomic E-state index is 5.41. The molecule has 0 aliphatic carbocycles. The number of hydrogen-bond acceptors (Lipinski definition) is 4. The number of benzene rings is 1. The molecule has 0 amide bonds. The summed E-state index contributed by atoms with van der Waals surface area (Å²) >= 11 is 0. The lowest BCUT2D eigenvalue weighted by molar-refractivity contribution is 0.300. The van der Waals surface area contributed by atoms with Gasteiger partial charge >= 0.3 is 0 Å². The molecule has 0 saturated heterocycles. The second-order valence-electron chi connectivity index (χ2n) is 5.08. The van der Waals surface area contributed by atoms with Crippen LogP contribution in [0, 0.1) is 0 Å². The van der Waals surface area contributed by atoms with Gasteiger partial charge in [-0.25, -0.2) is 4.98 Å². The fourth-order valence-corrected chi connectivity index (χ4v) is 2.57. The first kappa shape index (κ1) is 15.6. The summed E-state index contributed by atoms with van der Waals surface area (Å²) < 4.78 is 5.41. The van der Waals surface area contributed by atoms with Crippen molar-refractivity contribution >= 4 is 16.6 Å². The van der Waals surface area contributed by atoms with Crippen LogP contribution >= 0.6 is 0 Å². The zero-order chi connectivity index (χ0) is 15.1. The second-order valence-corrected chi connectivity index (χ2v) is 5.08. The molecule has 1 heterocycles. The number of rotatable bonds is 8. The fourth-order valence-electron chi connectivity index (χ4n) is 2.57. The van der Waals surface area contributed by atoms with Crippen molar-refractivity contribution in [2.24, 2.45) is 0 Å². The smallest absolute Gasteiger partial charge is 0.133 e. The normalized spacial score (nSPS) is 11.0. The number of methoxy groups -OCH3 is 1. The number of nitrogens with zero attached hydrogens (tertiary/aromatic N) is 2. The Bertz CT molecular complexity index is 571. The predicted molar refractivity (Wildman–Crippen MR) is 89.2 cm³/mol. The Morgan fingerprint density at radius 3 is 2.71 bits per heavy atom. The van der Waals surface area contributed by atoms with Crippen molar-refractivity contribution in [2.45, 2.75) is 20.3 Å². The minimum absolute atomic E-state index is 0.888. The van der Waals surface area contributed by atoms with E-state index in [4.69, 9.17) is 4.74 Å². The number of hydrogen-bond donors (Lipinski definition) is 1. The van der Waals surface area contributed by atoms with Crippen LogP contribution in [-0.4, -0.2) is 43.2 Å². The van der Waals surface area contributed by atoms with Crippen LogP contribution in [0.3, 0.4) is 0 Å². The Labute approximate surface area is 127 Å². The molecule has 4 heteroatoms. The van der Waals surface area contributed by atoms with Crippen LogP contribution in [0.25, 0.3) is 10.8 Å². The van der Waals surface area contributed by atoms with Gasteiger partial charge in [-0.3, -0.25) is 0 Å². The number of anilines is 1. The lowest BCUT2D eigenvalue weighted by Crippen LogP contribution is -2.29. The maximum absolute atomic E-state index is 5.41. The summed E-state index contributed by atoms with van der Waals surface area (Å²) in [7, 11) is 1.70. The Morgan fingerprint density at radius 1 is 1.14 bits per heavy atom. The van der Waals surface area contributed by atoms with Gasteiger partial charge in [-0.15, -0.1) is 0 Å². The van der Waals surface area contributed by atoms with E-state index in [1.165, 1.54) is 6.42 Å². The molecule has 0 spiro atoms. The molecule has 0 fully saturated rings. The topological polar surface area (TPSA) is 37.4 Å². The van der Waals surface area contributed by atoms with Crippen molar-refractivity contribution in [3.63, 3.8) is 0 Å². The van der Waals surface area contributed by atoms with Gasteiger partial charge in [-0.05, 0) is 31.6 Å². The van der Waals surface area contributed by atoms with Gasteiger partial charge in [-0.1, -0.05) is 26.0 Å². The molecule has 0 radical (unpaired) electrons. The third-order valence-electron chi connectivity index (χ3n) is 3.69. The van der Waals surface area contributed by atoms with Crippen molar-refractivity contribution in [2.75, 3.05) is 38.6 Å². The van der Waals surface area contributed by atoms with Crippen molar-refractivity contribution in [3.8, 4) is 5.75 Å². The lowest BCUT2D eigenvalue weighted by Gasteiger charge is -2.20. The predicted octanol–water partition coefficient (Wildman–Crippen LogP) is 3.39. The number of ether oxygens (including phenoxy) is 1. The van der Waals surface area contributed by atoms with E-state index in [0.29, 0.717) is 0 Å². The summed E-state index contributed by atoms with van der Waals surface area (Å²) in [6, 6.07) is 8.06. The first-order valence-electron chi connectivity index (χ1n) is 7.68. The van der Waals surface area contributed by atoms with Crippen molar-refractivity contribution in [1.29, 1.82) is 0 Å². The van der Waals surface area contributed by atoms with Gasteiger partial charge in [0.1, 0.15) is 11.6 Å². The molecule has 21 heavy (non-hydrogen) atoms. The highest BCUT2D eigenvalue weighted by Gasteiger charge is 2.06. The van der Waals surface area contributed by atoms with E-state index in [9.17, 15) is 0 Å². The largest absolute Gasteiger partial charge is 0.496 e. The number of fused-ring (bicyclic) bond motifs is 1. The molecule has 114 valence electrons. The molecule has 0 saturated carbocycles. The SMILES string of the molecule is CCCN(CC)CCNc1nccc2c(OC)cccc12. The molecule has 0 aliphatic heterocycles. The highest BCUT2D eigenvalue weighted by molar-refractivity contribution is 5.95. The van der Waals surface area contributed by atoms with E-state index in [0.717, 1.165) is 48.5 Å². The molecule has 1 aromatic heterocycles. The van der Waals surface area contributed by atoms with E-state index in [-0.39, 0.29) is 0 Å². The Kier molecular flexibility index (Phi) is 5.81. The Hall–Kier alpha value is -1.81. The molecular formula is C17H25N3O.